The van der Waals surface area contributed by atoms with E-state index in [0.717, 1.165) is 47.7 Å². The van der Waals surface area contributed by atoms with E-state index in [1.54, 1.807) is 7.11 Å². The first-order chi connectivity index (χ1) is 12.6. The maximum atomic E-state index is 12.9. The van der Waals surface area contributed by atoms with E-state index in [-0.39, 0.29) is 17.3 Å². The third-order valence-corrected chi connectivity index (χ3v) is 8.40. The molecule has 3 aliphatic carbocycles. The highest BCUT2D eigenvalue weighted by Crippen LogP contribution is 2.64. The number of carbonyl (C=O) groups excluding carboxylic acids is 1. The molecular weight excluding hydrogens is 394 g/mol. The predicted octanol–water partition coefficient (Wildman–Crippen LogP) is 3.48. The van der Waals surface area contributed by atoms with Crippen LogP contribution in [-0.4, -0.2) is 43.0 Å². The van der Waals surface area contributed by atoms with Gasteiger partial charge in [-0.15, -0.1) is 0 Å². The number of rotatable bonds is 3. The molecule has 2 aliphatic heterocycles. The molecule has 4 unspecified atom stereocenters. The lowest BCUT2D eigenvalue weighted by atomic mass is 9.51. The summed E-state index contributed by atoms with van der Waals surface area (Å²) < 4.78 is 13.1. The summed E-state index contributed by atoms with van der Waals surface area (Å²) in [5.41, 5.74) is 2.54. The van der Waals surface area contributed by atoms with Crippen molar-refractivity contribution in [2.75, 3.05) is 20.2 Å². The van der Waals surface area contributed by atoms with Crippen molar-refractivity contribution in [2.45, 2.75) is 56.1 Å². The van der Waals surface area contributed by atoms with Crippen LogP contribution in [0.3, 0.4) is 0 Å². The van der Waals surface area contributed by atoms with Crippen molar-refractivity contribution in [1.29, 1.82) is 0 Å². The Morgan fingerprint density at radius 2 is 2.23 bits per heavy atom. The Bertz CT molecular complexity index is 820. The highest BCUT2D eigenvalue weighted by atomic mass is 79.9. The minimum absolute atomic E-state index is 0.125. The summed E-state index contributed by atoms with van der Waals surface area (Å²) in [6.07, 6.45) is 6.27. The van der Waals surface area contributed by atoms with Gasteiger partial charge in [-0.1, -0.05) is 15.9 Å². The monoisotopic (exact) mass is 417 g/mol. The molecule has 1 aromatic carbocycles. The maximum absolute atomic E-state index is 12.9. The fraction of sp³-hybridized carbons (Fsp3) is 0.667. The average molecular weight is 418 g/mol. The minimum Gasteiger partial charge on any atom is -0.493 e. The van der Waals surface area contributed by atoms with E-state index in [1.807, 2.05) is 6.07 Å². The summed E-state index contributed by atoms with van der Waals surface area (Å²) in [5, 5.41) is 0. The topological polar surface area (TPSA) is 38.8 Å². The lowest BCUT2D eigenvalue weighted by Gasteiger charge is -2.58. The number of hydrogen-bond donors (Lipinski definition) is 0. The maximum Gasteiger partial charge on any atom is 0.174 e. The number of nitrogens with zero attached hydrogens (tertiary/aromatic N) is 1. The molecule has 2 bridgehead atoms. The zero-order valence-corrected chi connectivity index (χ0v) is 16.7. The van der Waals surface area contributed by atoms with Crippen molar-refractivity contribution in [3.8, 4) is 11.5 Å². The first kappa shape index (κ1) is 15.9. The lowest BCUT2D eigenvalue weighted by Crippen LogP contribution is -2.66. The van der Waals surface area contributed by atoms with Gasteiger partial charge in [-0.05, 0) is 62.1 Å². The fourth-order valence-corrected chi connectivity index (χ4v) is 7.01. The Morgan fingerprint density at radius 3 is 3.00 bits per heavy atom. The van der Waals surface area contributed by atoms with E-state index in [9.17, 15) is 4.79 Å². The number of halogens is 1. The molecule has 5 aliphatic rings. The van der Waals surface area contributed by atoms with Gasteiger partial charge >= 0.3 is 0 Å². The van der Waals surface area contributed by atoms with Crippen molar-refractivity contribution in [3.63, 3.8) is 0 Å². The van der Waals surface area contributed by atoms with E-state index in [2.05, 4.69) is 20.8 Å². The van der Waals surface area contributed by atoms with Gasteiger partial charge in [0, 0.05) is 34.5 Å². The molecule has 1 saturated heterocycles. The molecule has 26 heavy (non-hydrogen) atoms. The Balaban J connectivity index is 1.56. The largest absolute Gasteiger partial charge is 0.493 e. The van der Waals surface area contributed by atoms with E-state index < -0.39 is 0 Å². The molecule has 1 spiro atoms. The number of Topliss-reactive ketones (excluding diaryl/α,β-unsaturated/α-hetero) is 1. The summed E-state index contributed by atoms with van der Waals surface area (Å²) in [4.78, 5) is 15.6. The second kappa shape index (κ2) is 5.26. The fourth-order valence-electron chi connectivity index (χ4n) is 6.45. The first-order valence-corrected chi connectivity index (χ1v) is 10.8. The first-order valence-electron chi connectivity index (χ1n) is 9.96. The van der Waals surface area contributed by atoms with Gasteiger partial charge in [0.05, 0.1) is 7.11 Å². The molecule has 2 saturated carbocycles. The normalized spacial score (nSPS) is 37.3. The molecule has 6 rings (SSSR count). The third-order valence-electron chi connectivity index (χ3n) is 7.69. The second-order valence-electron chi connectivity index (χ2n) is 8.85. The van der Waals surface area contributed by atoms with Crippen molar-refractivity contribution >= 4 is 21.7 Å². The van der Waals surface area contributed by atoms with Gasteiger partial charge in [-0.3, -0.25) is 9.69 Å². The van der Waals surface area contributed by atoms with Crippen LogP contribution in [0.25, 0.3) is 0 Å². The van der Waals surface area contributed by atoms with E-state index in [4.69, 9.17) is 9.47 Å². The van der Waals surface area contributed by atoms with Crippen molar-refractivity contribution in [3.05, 3.63) is 21.7 Å². The van der Waals surface area contributed by atoms with Gasteiger partial charge in [0.2, 0.25) is 0 Å². The zero-order valence-electron chi connectivity index (χ0n) is 15.1. The smallest absolute Gasteiger partial charge is 0.174 e. The molecule has 2 heterocycles. The summed E-state index contributed by atoms with van der Waals surface area (Å²) in [5.74, 6) is 3.35. The molecule has 0 amide bonds. The molecule has 4 atom stereocenters. The van der Waals surface area contributed by atoms with Gasteiger partial charge < -0.3 is 9.47 Å². The number of methoxy groups -OCH3 is 1. The molecule has 0 aromatic heterocycles. The van der Waals surface area contributed by atoms with Gasteiger partial charge in [0.1, 0.15) is 0 Å². The second-order valence-corrected chi connectivity index (χ2v) is 9.71. The van der Waals surface area contributed by atoms with Crippen molar-refractivity contribution < 1.29 is 14.3 Å². The number of ketones is 1. The van der Waals surface area contributed by atoms with Crippen LogP contribution in [0.1, 0.15) is 43.2 Å². The zero-order chi connectivity index (χ0) is 17.6. The van der Waals surface area contributed by atoms with Gasteiger partial charge in [0.15, 0.2) is 23.4 Å². The summed E-state index contributed by atoms with van der Waals surface area (Å²) in [7, 11) is 1.69. The van der Waals surface area contributed by atoms with Crippen LogP contribution in [-0.2, 0) is 16.6 Å². The lowest BCUT2D eigenvalue weighted by molar-refractivity contribution is -0.138. The van der Waals surface area contributed by atoms with Gasteiger partial charge in [-0.25, -0.2) is 0 Å². The summed E-state index contributed by atoms with van der Waals surface area (Å²) >= 11 is 3.81. The Labute approximate surface area is 162 Å². The van der Waals surface area contributed by atoms with Gasteiger partial charge in [0.25, 0.3) is 0 Å². The van der Waals surface area contributed by atoms with Crippen molar-refractivity contribution in [1.82, 2.24) is 4.90 Å². The average Bonchev–Trinajstić information content (AvgIpc) is 3.38. The van der Waals surface area contributed by atoms with Crippen LogP contribution in [0.4, 0.5) is 0 Å². The van der Waals surface area contributed by atoms with Crippen LogP contribution in [0, 0.1) is 11.8 Å². The van der Waals surface area contributed by atoms with Crippen LogP contribution in [0.2, 0.25) is 0 Å². The molecule has 0 radical (unpaired) electrons. The minimum atomic E-state index is -0.302. The van der Waals surface area contributed by atoms with E-state index in [0.29, 0.717) is 18.4 Å². The molecule has 3 fully saturated rings. The quantitative estimate of drug-likeness (QED) is 0.754. The highest BCUT2D eigenvalue weighted by Gasteiger charge is 2.66. The standard InChI is InChI=1S/C21H24BrNO3/c1-25-17-9-14(22)12-8-15-13-4-5-16(24)20-21(13,18(12)19(17)26-20)6-7-23(15)10-11-2-3-11/h9,11,13,15,20H,2-8,10H2,1H3. The molecule has 5 heteroatoms. The third kappa shape index (κ3) is 1.86. The molecule has 0 N–H and O–H groups in total. The van der Waals surface area contributed by atoms with Crippen molar-refractivity contribution in [2.24, 2.45) is 11.8 Å². The number of piperidine rings is 1. The Hall–Kier alpha value is -1.07. The van der Waals surface area contributed by atoms with Gasteiger partial charge in [-0.2, -0.15) is 0 Å². The van der Waals surface area contributed by atoms with Crippen LogP contribution in [0.15, 0.2) is 10.5 Å². The summed E-state index contributed by atoms with van der Waals surface area (Å²) in [6.45, 7) is 2.34. The van der Waals surface area contributed by atoms with Crippen LogP contribution < -0.4 is 9.47 Å². The van der Waals surface area contributed by atoms with Crippen LogP contribution in [0.5, 0.6) is 11.5 Å². The highest BCUT2D eigenvalue weighted by molar-refractivity contribution is 9.10. The summed E-state index contributed by atoms with van der Waals surface area (Å²) in [6, 6.07) is 2.58. The number of benzene rings is 1. The van der Waals surface area contributed by atoms with E-state index in [1.165, 1.54) is 30.5 Å². The number of hydrogen-bond acceptors (Lipinski definition) is 4. The number of carbonyl (C=O) groups is 1. The predicted molar refractivity (Wildman–Crippen MR) is 101 cm³/mol. The number of ether oxygens (including phenoxy) is 2. The Kier molecular flexibility index (Phi) is 3.22. The molecule has 1 aromatic rings. The SMILES string of the molecule is COc1cc(Br)c2c3c1OC1C(=O)CCC4C(C2)N(CC2CC2)CCC314. The molecular formula is C21H24BrNO3. The Morgan fingerprint density at radius 1 is 1.38 bits per heavy atom. The molecule has 138 valence electrons. The number of likely N-dealkylation sites (tertiary alicyclic amines) is 1. The van der Waals surface area contributed by atoms with Crippen LogP contribution >= 0.6 is 15.9 Å². The molecule has 4 nitrogen and oxygen atoms in total. The van der Waals surface area contributed by atoms with E-state index >= 15 is 0 Å².